The molecule has 264 valence electrons. The maximum Gasteiger partial charge on any atom is 0.326 e. The highest BCUT2D eigenvalue weighted by Gasteiger charge is 2.74. The summed E-state index contributed by atoms with van der Waals surface area (Å²) in [5.41, 5.74) is 1.19. The number of aromatic amines is 1. The number of para-hydroxylation sites is 2. The molecule has 0 amide bonds. The fraction of sp³-hybridized carbons (Fsp3) is 0.571. The molecule has 3 aromatic rings. The maximum absolute atomic E-state index is 14.8. The quantitative estimate of drug-likeness (QED) is 0.205. The Balaban J connectivity index is 1.04. The second kappa shape index (κ2) is 11.0. The maximum atomic E-state index is 14.8. The van der Waals surface area contributed by atoms with Crippen LogP contribution in [0.25, 0.3) is 11.0 Å². The summed E-state index contributed by atoms with van der Waals surface area (Å²) in [6.45, 7) is 7.02. The van der Waals surface area contributed by atoms with Crippen LogP contribution in [0.2, 0.25) is 0 Å². The lowest BCUT2D eigenvalue weighted by Crippen LogP contribution is -2.67. The van der Waals surface area contributed by atoms with Crippen LogP contribution in [0, 0.1) is 33.5 Å². The average molecular weight is 678 g/mol. The van der Waals surface area contributed by atoms with Crippen LogP contribution in [0.3, 0.4) is 0 Å². The van der Waals surface area contributed by atoms with Crippen molar-refractivity contribution in [1.29, 1.82) is 0 Å². The lowest BCUT2D eigenvalue weighted by Gasteiger charge is -2.71. The smallest absolute Gasteiger partial charge is 0.326 e. The van der Waals surface area contributed by atoms with E-state index >= 15 is 0 Å². The van der Waals surface area contributed by atoms with E-state index in [4.69, 9.17) is 4.74 Å². The van der Waals surface area contributed by atoms with E-state index in [9.17, 15) is 19.8 Å². The number of hydrogen-bond acceptors (Lipinski definition) is 6. The van der Waals surface area contributed by atoms with E-state index in [1.54, 1.807) is 7.11 Å². The van der Waals surface area contributed by atoms with E-state index in [1.807, 2.05) is 53.1 Å². The van der Waals surface area contributed by atoms with Gasteiger partial charge in [-0.1, -0.05) is 44.2 Å². The van der Waals surface area contributed by atoms with E-state index in [-0.39, 0.29) is 51.7 Å². The van der Waals surface area contributed by atoms with Gasteiger partial charge in [0.1, 0.15) is 5.75 Å². The first-order valence-corrected chi connectivity index (χ1v) is 18.9. The molecule has 1 saturated heterocycles. The lowest BCUT2D eigenvalue weighted by atomic mass is 9.32. The number of nitrogens with one attached hydrogen (secondary N) is 1. The average Bonchev–Trinajstić information content (AvgIpc) is 3.60. The Morgan fingerprint density at radius 1 is 0.920 bits per heavy atom. The molecule has 1 unspecified atom stereocenters. The minimum atomic E-state index is -0.889. The first-order chi connectivity index (χ1) is 24.0. The summed E-state index contributed by atoms with van der Waals surface area (Å²) in [6, 6.07) is 15.5. The molecule has 8 nitrogen and oxygen atoms in total. The molecule has 10 rings (SSSR count). The summed E-state index contributed by atoms with van der Waals surface area (Å²) < 4.78 is 7.35. The van der Waals surface area contributed by atoms with Crippen molar-refractivity contribution in [2.45, 2.75) is 89.4 Å². The van der Waals surface area contributed by atoms with Crippen LogP contribution in [-0.2, 0) is 0 Å². The number of fused-ring (bicyclic) bond motifs is 2. The highest BCUT2D eigenvalue weighted by molar-refractivity contribution is 6.10. The third-order valence-corrected chi connectivity index (χ3v) is 15.3. The molecule has 2 aromatic carbocycles. The van der Waals surface area contributed by atoms with Gasteiger partial charge in [-0.25, -0.2) is 4.79 Å². The van der Waals surface area contributed by atoms with Gasteiger partial charge in [-0.05, 0) is 111 Å². The molecular formula is C42H51N3O5. The molecule has 3 saturated carbocycles. The van der Waals surface area contributed by atoms with Gasteiger partial charge < -0.3 is 24.8 Å². The Morgan fingerprint density at radius 3 is 2.38 bits per heavy atom. The van der Waals surface area contributed by atoms with Crippen molar-refractivity contribution in [3.63, 3.8) is 0 Å². The Kier molecular flexibility index (Phi) is 7.15. The van der Waals surface area contributed by atoms with Crippen LogP contribution in [-0.4, -0.2) is 68.9 Å². The zero-order valence-corrected chi connectivity index (χ0v) is 29.7. The number of imidazole rings is 1. The number of benzene rings is 2. The molecule has 1 aromatic heterocycles. The first kappa shape index (κ1) is 32.4. The number of aliphatic hydroxyl groups excluding tert-OH is 1. The topological polar surface area (TPSA) is 108 Å². The molecule has 6 aliphatic carbocycles. The van der Waals surface area contributed by atoms with E-state index in [1.165, 1.54) is 0 Å². The van der Waals surface area contributed by atoms with Crippen molar-refractivity contribution in [3.8, 4) is 5.75 Å². The van der Waals surface area contributed by atoms with Crippen molar-refractivity contribution in [1.82, 2.24) is 14.5 Å². The number of aromatic nitrogens is 2. The van der Waals surface area contributed by atoms with Gasteiger partial charge in [-0.3, -0.25) is 9.36 Å². The van der Waals surface area contributed by atoms with Crippen molar-refractivity contribution in [2.24, 2.45) is 33.5 Å². The SMILES string of the molecule is COc1ccc(C(=O)C2=C[C@@]34C=C[C@@]25[C@@H]2CC[C@@](O)(CN6CCC(n7c(=O)[nH]c8ccccc87)CC6)[C@@]2(C)CC[C@@H]5[C@@]3(C)CCC(O)C4)cc1. The fourth-order valence-electron chi connectivity index (χ4n) is 12.6. The number of allylic oxidation sites excluding steroid dienone is 4. The van der Waals surface area contributed by atoms with E-state index in [2.05, 4.69) is 42.0 Å². The number of ketones is 1. The van der Waals surface area contributed by atoms with Crippen LogP contribution in [0.15, 0.2) is 77.1 Å². The number of β-amino-alcohol motifs (C(OH)–C–C–N with tert-alkyl or cyclic N) is 1. The highest BCUT2D eigenvalue weighted by atomic mass is 16.5. The monoisotopic (exact) mass is 677 g/mol. The van der Waals surface area contributed by atoms with Crippen molar-refractivity contribution < 1.29 is 19.7 Å². The van der Waals surface area contributed by atoms with Gasteiger partial charge in [0.05, 0.1) is 29.8 Å². The van der Waals surface area contributed by atoms with Gasteiger partial charge in [-0.2, -0.15) is 0 Å². The molecule has 8 atom stereocenters. The molecule has 2 heterocycles. The minimum Gasteiger partial charge on any atom is -0.497 e. The second-order valence-corrected chi connectivity index (χ2v) is 17.2. The number of carbonyl (C=O) groups excluding carboxylic acids is 1. The summed E-state index contributed by atoms with van der Waals surface area (Å²) in [4.78, 5) is 33.2. The predicted octanol–water partition coefficient (Wildman–Crippen LogP) is 6.45. The Morgan fingerprint density at radius 2 is 1.62 bits per heavy atom. The van der Waals surface area contributed by atoms with E-state index < -0.39 is 11.0 Å². The molecular weight excluding hydrogens is 626 g/mol. The number of piperidine rings is 1. The molecule has 1 aliphatic heterocycles. The van der Waals surface area contributed by atoms with Crippen LogP contribution in [0.4, 0.5) is 0 Å². The number of Topliss-reactive ketones (excluding diaryl/α,β-unsaturated/α-hetero) is 1. The number of rotatable bonds is 6. The second-order valence-electron chi connectivity index (χ2n) is 17.2. The number of carbonyl (C=O) groups is 1. The number of methoxy groups -OCH3 is 1. The zero-order valence-electron chi connectivity index (χ0n) is 29.7. The standard InChI is InChI=1S/C42H51N3O5/c1-38-17-12-29(46)24-40(38)20-21-42(31(25-40)36(47)27-8-10-30(50-3)11-9-27)34(38)13-18-39(2)35(42)14-19-41(39,49)26-44-22-15-28(16-23-44)45-33-7-5-4-6-32(33)43-37(45)48/h4-11,20-21,25,28-29,34-35,46,49H,12-19,22-24,26H2,1-3H3,(H,43,48)/t29?,34-,35-,38-,39+,40+,41-,42-/m1/s1. The number of ether oxygens (including phenoxy) is 1. The van der Waals surface area contributed by atoms with E-state index in [0.29, 0.717) is 24.9 Å². The van der Waals surface area contributed by atoms with Gasteiger partial charge in [0.25, 0.3) is 0 Å². The minimum absolute atomic E-state index is 0.0447. The van der Waals surface area contributed by atoms with Gasteiger partial charge in [0, 0.05) is 53.1 Å². The third kappa shape index (κ3) is 4.21. The van der Waals surface area contributed by atoms with Crippen LogP contribution in [0.1, 0.15) is 88.0 Å². The lowest BCUT2D eigenvalue weighted by molar-refractivity contribution is -0.176. The molecule has 4 fully saturated rings. The normalized spacial score (nSPS) is 39.5. The van der Waals surface area contributed by atoms with Gasteiger partial charge in [-0.15, -0.1) is 0 Å². The Bertz CT molecular complexity index is 1970. The highest BCUT2D eigenvalue weighted by Crippen LogP contribution is 2.78. The summed E-state index contributed by atoms with van der Waals surface area (Å²) in [5, 5.41) is 23.9. The molecule has 0 radical (unpaired) electrons. The zero-order chi connectivity index (χ0) is 34.7. The van der Waals surface area contributed by atoms with Crippen LogP contribution in [0.5, 0.6) is 5.75 Å². The number of likely N-dealkylation sites (tertiary alicyclic amines) is 1. The fourth-order valence-corrected chi connectivity index (χ4v) is 12.6. The number of H-pyrrole nitrogens is 1. The molecule has 3 N–H and O–H groups in total. The Labute approximate surface area is 294 Å². The van der Waals surface area contributed by atoms with Crippen LogP contribution >= 0.6 is 0 Å². The largest absolute Gasteiger partial charge is 0.497 e. The summed E-state index contributed by atoms with van der Waals surface area (Å²) >= 11 is 0. The molecule has 2 bridgehead atoms. The number of hydrogen-bond donors (Lipinski definition) is 3. The van der Waals surface area contributed by atoms with Gasteiger partial charge in [0.15, 0.2) is 5.78 Å². The predicted molar refractivity (Wildman–Crippen MR) is 193 cm³/mol. The van der Waals surface area contributed by atoms with Crippen molar-refractivity contribution in [2.75, 3.05) is 26.7 Å². The third-order valence-electron chi connectivity index (χ3n) is 15.3. The number of nitrogens with zero attached hydrogens (tertiary/aromatic N) is 2. The first-order valence-electron chi connectivity index (χ1n) is 18.9. The van der Waals surface area contributed by atoms with Gasteiger partial charge in [0.2, 0.25) is 0 Å². The number of aliphatic hydroxyl groups is 2. The summed E-state index contributed by atoms with van der Waals surface area (Å²) in [7, 11) is 1.64. The molecule has 2 spiro atoms. The van der Waals surface area contributed by atoms with Gasteiger partial charge >= 0.3 is 5.69 Å². The molecule has 50 heavy (non-hydrogen) atoms. The molecule has 8 heteroatoms. The summed E-state index contributed by atoms with van der Waals surface area (Å²) in [6.07, 6.45) is 14.2. The molecule has 7 aliphatic rings. The van der Waals surface area contributed by atoms with Crippen LogP contribution < -0.4 is 10.4 Å². The Hall–Kier alpha value is -3.46. The van der Waals surface area contributed by atoms with Crippen molar-refractivity contribution >= 4 is 16.8 Å². The summed E-state index contributed by atoms with van der Waals surface area (Å²) in [5.74, 6) is 1.17. The van der Waals surface area contributed by atoms with E-state index in [0.717, 1.165) is 80.4 Å². The van der Waals surface area contributed by atoms with Crippen molar-refractivity contribution in [3.05, 3.63) is 88.4 Å².